The van der Waals surface area contributed by atoms with Gasteiger partial charge in [-0.05, 0) is 47.2 Å². The Balaban J connectivity index is 2.90. The van der Waals surface area contributed by atoms with E-state index >= 15 is 0 Å². The summed E-state index contributed by atoms with van der Waals surface area (Å²) in [5.41, 5.74) is 0. The molecule has 0 bridgehead atoms. The summed E-state index contributed by atoms with van der Waals surface area (Å²) in [4.78, 5) is 0. The van der Waals surface area contributed by atoms with Crippen molar-refractivity contribution in [2.75, 3.05) is 0 Å². The van der Waals surface area contributed by atoms with E-state index in [2.05, 4.69) is 15.9 Å². The molecular weight excluding hydrogens is 322 g/mol. The molecule has 1 aromatic rings. The molecule has 0 saturated heterocycles. The maximum atomic E-state index is 12.8. The SMILES string of the molecule is C[Si](C)(Oc1ccc(F)cc1Br)C(Cl)Cl. The van der Waals surface area contributed by atoms with E-state index in [-0.39, 0.29) is 5.82 Å². The molecule has 15 heavy (non-hydrogen) atoms. The molecule has 6 heteroatoms. The van der Waals surface area contributed by atoms with Gasteiger partial charge in [0, 0.05) is 0 Å². The van der Waals surface area contributed by atoms with E-state index in [4.69, 9.17) is 27.6 Å². The maximum Gasteiger partial charge on any atom is 0.277 e. The number of hydrogen-bond donors (Lipinski definition) is 0. The summed E-state index contributed by atoms with van der Waals surface area (Å²) in [6.07, 6.45) is 0. The van der Waals surface area contributed by atoms with Gasteiger partial charge in [0.1, 0.15) is 16.0 Å². The van der Waals surface area contributed by atoms with Gasteiger partial charge in [-0.15, -0.1) is 23.2 Å². The molecule has 0 N–H and O–H groups in total. The smallest absolute Gasteiger partial charge is 0.277 e. The fraction of sp³-hybridized carbons (Fsp3) is 0.333. The largest absolute Gasteiger partial charge is 0.541 e. The third-order valence-corrected chi connectivity index (χ3v) is 7.36. The molecule has 1 nitrogen and oxygen atoms in total. The van der Waals surface area contributed by atoms with Crippen LogP contribution in [0.5, 0.6) is 5.75 Å². The third kappa shape index (κ3) is 3.62. The zero-order valence-corrected chi connectivity index (χ0v) is 12.3. The van der Waals surface area contributed by atoms with Crippen LogP contribution in [0, 0.1) is 5.82 Å². The lowest BCUT2D eigenvalue weighted by atomic mass is 10.3. The van der Waals surface area contributed by atoms with E-state index in [0.29, 0.717) is 10.2 Å². The van der Waals surface area contributed by atoms with Gasteiger partial charge in [0.05, 0.1) is 4.47 Å². The Morgan fingerprint density at radius 1 is 1.40 bits per heavy atom. The highest BCUT2D eigenvalue weighted by molar-refractivity contribution is 9.10. The van der Waals surface area contributed by atoms with Gasteiger partial charge in [-0.1, -0.05) is 0 Å². The van der Waals surface area contributed by atoms with Crippen LogP contribution in [0.1, 0.15) is 0 Å². The van der Waals surface area contributed by atoms with Gasteiger partial charge in [0.25, 0.3) is 8.32 Å². The molecule has 1 rings (SSSR count). The Labute approximate surface area is 108 Å². The fourth-order valence-electron chi connectivity index (χ4n) is 0.886. The lowest BCUT2D eigenvalue weighted by Crippen LogP contribution is -2.42. The van der Waals surface area contributed by atoms with Gasteiger partial charge in [-0.2, -0.15) is 0 Å². The quantitative estimate of drug-likeness (QED) is 0.584. The number of rotatable bonds is 3. The zero-order chi connectivity index (χ0) is 11.6. The molecule has 0 spiro atoms. The Bertz CT molecular complexity index is 360. The molecular formula is C9H10BrCl2FOSi. The molecule has 0 amide bonds. The summed E-state index contributed by atoms with van der Waals surface area (Å²) in [5.74, 6) is 0.251. The molecule has 0 radical (unpaired) electrons. The van der Waals surface area contributed by atoms with Crippen molar-refractivity contribution in [2.45, 2.75) is 17.6 Å². The lowest BCUT2D eigenvalue weighted by molar-refractivity contribution is 0.544. The van der Waals surface area contributed by atoms with Crippen LogP contribution in [0.15, 0.2) is 22.7 Å². The first-order valence-corrected chi connectivity index (χ1v) is 8.90. The van der Waals surface area contributed by atoms with Crippen LogP contribution in [0.3, 0.4) is 0 Å². The van der Waals surface area contributed by atoms with Gasteiger partial charge >= 0.3 is 0 Å². The Morgan fingerprint density at radius 2 is 2.00 bits per heavy atom. The minimum absolute atomic E-state index is 0.318. The van der Waals surface area contributed by atoms with Gasteiger partial charge in [0.2, 0.25) is 0 Å². The first kappa shape index (κ1) is 13.3. The summed E-state index contributed by atoms with van der Waals surface area (Å²) in [7, 11) is -2.19. The molecule has 0 fully saturated rings. The third-order valence-electron chi connectivity index (χ3n) is 1.79. The van der Waals surface area contributed by atoms with E-state index in [1.54, 1.807) is 6.07 Å². The van der Waals surface area contributed by atoms with Crippen LogP contribution < -0.4 is 4.43 Å². The van der Waals surface area contributed by atoms with Crippen molar-refractivity contribution >= 4 is 47.4 Å². The van der Waals surface area contributed by atoms with Crippen LogP contribution in [-0.2, 0) is 0 Å². The number of halogens is 4. The van der Waals surface area contributed by atoms with E-state index < -0.39 is 12.8 Å². The van der Waals surface area contributed by atoms with E-state index in [1.807, 2.05) is 13.1 Å². The molecule has 0 unspecified atom stereocenters. The molecule has 0 aliphatic rings. The normalized spacial score (nSPS) is 11.9. The second kappa shape index (κ2) is 5.04. The van der Waals surface area contributed by atoms with Crippen molar-refractivity contribution in [3.8, 4) is 5.75 Å². The molecule has 0 aromatic heterocycles. The van der Waals surface area contributed by atoms with Crippen molar-refractivity contribution < 1.29 is 8.82 Å². The highest BCUT2D eigenvalue weighted by atomic mass is 79.9. The predicted molar refractivity (Wildman–Crippen MR) is 67.7 cm³/mol. The monoisotopic (exact) mass is 330 g/mol. The molecule has 84 valence electrons. The van der Waals surface area contributed by atoms with Crippen molar-refractivity contribution in [3.05, 3.63) is 28.5 Å². The first-order chi connectivity index (χ1) is 6.83. The summed E-state index contributed by atoms with van der Waals surface area (Å²) < 4.78 is 18.6. The van der Waals surface area contributed by atoms with Crippen molar-refractivity contribution in [1.82, 2.24) is 0 Å². The Hall–Kier alpha value is 0.227. The Morgan fingerprint density at radius 3 is 2.47 bits per heavy atom. The second-order valence-corrected chi connectivity index (χ2v) is 10.3. The van der Waals surface area contributed by atoms with Gasteiger partial charge in [-0.3, -0.25) is 0 Å². The summed E-state index contributed by atoms with van der Waals surface area (Å²) in [6, 6.07) is 4.24. The van der Waals surface area contributed by atoms with Crippen molar-refractivity contribution in [3.63, 3.8) is 0 Å². The molecule has 0 saturated carbocycles. The first-order valence-electron chi connectivity index (χ1n) is 4.25. The molecule has 0 aliphatic carbocycles. The average Bonchev–Trinajstić information content (AvgIpc) is 2.09. The van der Waals surface area contributed by atoms with Gasteiger partial charge < -0.3 is 4.43 Å². The molecule has 0 heterocycles. The highest BCUT2D eigenvalue weighted by Crippen LogP contribution is 2.30. The minimum atomic E-state index is -2.19. The highest BCUT2D eigenvalue weighted by Gasteiger charge is 2.33. The predicted octanol–water partition coefficient (Wildman–Crippen LogP) is 4.52. The summed E-state index contributed by atoms with van der Waals surface area (Å²) in [6.45, 7) is 3.79. The number of hydrogen-bond acceptors (Lipinski definition) is 1. The maximum absolute atomic E-state index is 12.8. The van der Waals surface area contributed by atoms with Crippen molar-refractivity contribution in [2.24, 2.45) is 0 Å². The topological polar surface area (TPSA) is 9.23 Å². The van der Waals surface area contributed by atoms with Crippen LogP contribution in [0.2, 0.25) is 13.1 Å². The van der Waals surface area contributed by atoms with E-state index in [9.17, 15) is 4.39 Å². The average molecular weight is 332 g/mol. The van der Waals surface area contributed by atoms with Crippen LogP contribution >= 0.6 is 39.1 Å². The fourth-order valence-corrected chi connectivity index (χ4v) is 2.57. The van der Waals surface area contributed by atoms with Gasteiger partial charge in [0.15, 0.2) is 0 Å². The minimum Gasteiger partial charge on any atom is -0.541 e. The van der Waals surface area contributed by atoms with Crippen LogP contribution in [0.4, 0.5) is 4.39 Å². The summed E-state index contributed by atoms with van der Waals surface area (Å²) >= 11 is 14.9. The van der Waals surface area contributed by atoms with Crippen LogP contribution in [0.25, 0.3) is 0 Å². The zero-order valence-electron chi connectivity index (χ0n) is 8.23. The number of benzene rings is 1. The lowest BCUT2D eigenvalue weighted by Gasteiger charge is -2.25. The molecule has 0 aliphatic heterocycles. The van der Waals surface area contributed by atoms with E-state index in [0.717, 1.165) is 0 Å². The number of alkyl halides is 2. The standard InChI is InChI=1S/C9H10BrCl2FOSi/c1-15(2,9(11)12)14-8-4-3-6(13)5-7(8)10/h3-5,9H,1-2H3. The van der Waals surface area contributed by atoms with E-state index in [1.165, 1.54) is 12.1 Å². The molecule has 1 aromatic carbocycles. The van der Waals surface area contributed by atoms with Gasteiger partial charge in [-0.25, -0.2) is 4.39 Å². The van der Waals surface area contributed by atoms with Crippen molar-refractivity contribution in [1.29, 1.82) is 0 Å². The molecule has 0 atom stereocenters. The van der Waals surface area contributed by atoms with Crippen LogP contribution in [-0.4, -0.2) is 12.8 Å². The summed E-state index contributed by atoms with van der Waals surface area (Å²) in [5, 5.41) is 0. The Kier molecular flexibility index (Phi) is 4.46. The second-order valence-electron chi connectivity index (χ2n) is 3.58.